The number of benzene rings is 1. The first-order valence-electron chi connectivity index (χ1n) is 5.18. The molecule has 17 heavy (non-hydrogen) atoms. The van der Waals surface area contributed by atoms with Gasteiger partial charge in [-0.1, -0.05) is 29.5 Å². The summed E-state index contributed by atoms with van der Waals surface area (Å²) in [5.74, 6) is 3.82. The zero-order valence-corrected chi connectivity index (χ0v) is 9.48. The number of carboxylic acids is 1. The van der Waals surface area contributed by atoms with Crippen molar-refractivity contribution in [2.24, 2.45) is 5.73 Å². The molecule has 1 aromatic carbocycles. The molecule has 0 aliphatic carbocycles. The van der Waals surface area contributed by atoms with Gasteiger partial charge in [-0.2, -0.15) is 0 Å². The van der Waals surface area contributed by atoms with Gasteiger partial charge in [0.15, 0.2) is 6.17 Å². The molecule has 4 heteroatoms. The minimum atomic E-state index is -1.63. The van der Waals surface area contributed by atoms with E-state index in [4.69, 9.17) is 10.8 Å². The summed E-state index contributed by atoms with van der Waals surface area (Å²) >= 11 is 0. The molecule has 0 unspecified atom stereocenters. The highest BCUT2D eigenvalue weighted by molar-refractivity contribution is 5.67. The molecule has 1 rings (SSSR count). The molecule has 0 amide bonds. The summed E-state index contributed by atoms with van der Waals surface area (Å²) in [6.07, 6.45) is -2.06. The molecule has 3 nitrogen and oxygen atoms in total. The first-order valence-corrected chi connectivity index (χ1v) is 5.18. The molecule has 0 fully saturated rings. The summed E-state index contributed by atoms with van der Waals surface area (Å²) in [5, 5.41) is 8.45. The molecule has 0 aliphatic rings. The number of hydrogen-bond donors (Lipinski definition) is 2. The van der Waals surface area contributed by atoms with E-state index in [1.54, 1.807) is 12.1 Å². The Morgan fingerprint density at radius 1 is 1.47 bits per heavy atom. The van der Waals surface area contributed by atoms with E-state index in [1.165, 1.54) is 0 Å². The van der Waals surface area contributed by atoms with Gasteiger partial charge in [-0.05, 0) is 19.1 Å². The van der Waals surface area contributed by atoms with Crippen molar-refractivity contribution in [1.29, 1.82) is 0 Å². The molecule has 3 N–H and O–H groups in total. The number of nitrogens with two attached hydrogens (primary N) is 1. The third-order valence-corrected chi connectivity index (χ3v) is 2.19. The fraction of sp³-hybridized carbons (Fsp3) is 0.308. The van der Waals surface area contributed by atoms with Crippen LogP contribution >= 0.6 is 0 Å². The number of hydrogen-bond acceptors (Lipinski definition) is 2. The summed E-state index contributed by atoms with van der Waals surface area (Å²) in [7, 11) is 0. The fourth-order valence-electron chi connectivity index (χ4n) is 1.20. The Bertz CT molecular complexity index is 445. The van der Waals surface area contributed by atoms with Crippen molar-refractivity contribution < 1.29 is 14.3 Å². The molecular weight excluding hydrogens is 221 g/mol. The Morgan fingerprint density at radius 3 is 2.59 bits per heavy atom. The highest BCUT2D eigenvalue weighted by atomic mass is 19.1. The van der Waals surface area contributed by atoms with Gasteiger partial charge in [-0.25, -0.2) is 4.39 Å². The first-order chi connectivity index (χ1) is 7.99. The topological polar surface area (TPSA) is 63.3 Å². The van der Waals surface area contributed by atoms with Crippen LogP contribution in [0.2, 0.25) is 0 Å². The minimum Gasteiger partial charge on any atom is -0.481 e. The lowest BCUT2D eigenvalue weighted by atomic mass is 10.1. The van der Waals surface area contributed by atoms with Crippen LogP contribution in [0.5, 0.6) is 0 Å². The smallest absolute Gasteiger partial charge is 0.305 e. The third-order valence-electron chi connectivity index (χ3n) is 2.19. The Labute approximate surface area is 99.4 Å². The Morgan fingerprint density at radius 2 is 2.06 bits per heavy atom. The maximum atomic E-state index is 13.4. The van der Waals surface area contributed by atoms with Gasteiger partial charge in [0.2, 0.25) is 0 Å². The molecule has 0 bridgehead atoms. The Hall–Kier alpha value is -1.86. The molecule has 0 saturated carbocycles. The summed E-state index contributed by atoms with van der Waals surface area (Å²) in [5.41, 5.74) is 7.12. The van der Waals surface area contributed by atoms with Crippen molar-refractivity contribution in [3.8, 4) is 11.8 Å². The van der Waals surface area contributed by atoms with E-state index >= 15 is 0 Å². The lowest BCUT2D eigenvalue weighted by molar-refractivity contribution is -0.137. The second-order valence-electron chi connectivity index (χ2n) is 3.80. The number of alkyl halides is 1. The molecule has 0 aromatic heterocycles. The normalized spacial score (nSPS) is 13.4. The molecule has 0 heterocycles. The second-order valence-corrected chi connectivity index (χ2v) is 3.80. The predicted octanol–water partition coefficient (Wildman–Crippen LogP) is 1.49. The van der Waals surface area contributed by atoms with Crippen LogP contribution in [-0.4, -0.2) is 23.3 Å². The van der Waals surface area contributed by atoms with Gasteiger partial charge in [0.1, 0.15) is 0 Å². The van der Waals surface area contributed by atoms with E-state index in [-0.39, 0.29) is 0 Å². The minimum absolute atomic E-state index is 0.427. The lowest BCUT2D eigenvalue weighted by Crippen LogP contribution is -2.33. The molecule has 1 aromatic rings. The van der Waals surface area contributed by atoms with E-state index in [9.17, 15) is 9.18 Å². The fourth-order valence-corrected chi connectivity index (χ4v) is 1.20. The average Bonchev–Trinajstić information content (AvgIpc) is 2.27. The van der Waals surface area contributed by atoms with Gasteiger partial charge in [0.25, 0.3) is 0 Å². The maximum absolute atomic E-state index is 13.4. The number of carboxylic acid groups (broad SMARTS) is 1. The van der Waals surface area contributed by atoms with E-state index in [2.05, 4.69) is 11.8 Å². The van der Waals surface area contributed by atoms with Crippen LogP contribution in [0.3, 0.4) is 0 Å². The average molecular weight is 235 g/mol. The summed E-state index contributed by atoms with van der Waals surface area (Å²) in [6, 6.07) is 6.20. The van der Waals surface area contributed by atoms with Gasteiger partial charge >= 0.3 is 5.97 Å². The number of aryl methyl sites for hydroxylation is 1. The van der Waals surface area contributed by atoms with Gasteiger partial charge < -0.3 is 10.8 Å². The highest BCUT2D eigenvalue weighted by Crippen LogP contribution is 2.03. The van der Waals surface area contributed by atoms with Crippen LogP contribution < -0.4 is 5.73 Å². The van der Waals surface area contributed by atoms with Crippen LogP contribution in [0.25, 0.3) is 0 Å². The quantitative estimate of drug-likeness (QED) is 0.780. The second kappa shape index (κ2) is 6.02. The number of halogens is 1. The summed E-state index contributed by atoms with van der Waals surface area (Å²) in [6.45, 7) is 1.94. The van der Waals surface area contributed by atoms with Crippen molar-refractivity contribution in [3.63, 3.8) is 0 Å². The van der Waals surface area contributed by atoms with Gasteiger partial charge in [0.05, 0.1) is 12.5 Å². The van der Waals surface area contributed by atoms with E-state index < -0.39 is 24.6 Å². The van der Waals surface area contributed by atoms with Gasteiger partial charge in [0, 0.05) is 5.56 Å². The van der Waals surface area contributed by atoms with Crippen molar-refractivity contribution in [2.75, 3.05) is 0 Å². The van der Waals surface area contributed by atoms with Crippen LogP contribution in [0, 0.1) is 18.8 Å². The van der Waals surface area contributed by atoms with E-state index in [0.717, 1.165) is 5.56 Å². The standard InChI is InChI=1S/C13H14FNO2/c1-9-2-4-10(5-3-9)6-7-11(14)12(15)8-13(16)17/h2-5,11-12H,8,15H2,1H3,(H,16,17)/t11-,12-/m1/s1. The first kappa shape index (κ1) is 13.2. The van der Waals surface area contributed by atoms with Gasteiger partial charge in [-0.3, -0.25) is 4.79 Å². The van der Waals surface area contributed by atoms with Crippen molar-refractivity contribution in [2.45, 2.75) is 25.6 Å². The Kier molecular flexibility index (Phi) is 4.68. The molecule has 0 radical (unpaired) electrons. The zero-order valence-electron chi connectivity index (χ0n) is 9.48. The van der Waals surface area contributed by atoms with Crippen molar-refractivity contribution in [3.05, 3.63) is 35.4 Å². The highest BCUT2D eigenvalue weighted by Gasteiger charge is 2.17. The van der Waals surface area contributed by atoms with Crippen molar-refractivity contribution in [1.82, 2.24) is 0 Å². The van der Waals surface area contributed by atoms with Crippen LogP contribution in [0.4, 0.5) is 4.39 Å². The largest absolute Gasteiger partial charge is 0.481 e. The molecular formula is C13H14FNO2. The lowest BCUT2D eigenvalue weighted by Gasteiger charge is -2.08. The van der Waals surface area contributed by atoms with Crippen LogP contribution in [0.15, 0.2) is 24.3 Å². The number of aliphatic carboxylic acids is 1. The monoisotopic (exact) mass is 235 g/mol. The molecule has 2 atom stereocenters. The molecule has 0 spiro atoms. The third kappa shape index (κ3) is 4.66. The SMILES string of the molecule is Cc1ccc(C#C[C@@H](F)[C@H](N)CC(=O)O)cc1. The summed E-state index contributed by atoms with van der Waals surface area (Å²) < 4.78 is 13.4. The molecule has 90 valence electrons. The van der Waals surface area contributed by atoms with Crippen LogP contribution in [0.1, 0.15) is 17.5 Å². The number of carbonyl (C=O) groups is 1. The van der Waals surface area contributed by atoms with E-state index in [0.29, 0.717) is 5.56 Å². The van der Waals surface area contributed by atoms with Gasteiger partial charge in [-0.15, -0.1) is 0 Å². The van der Waals surface area contributed by atoms with Crippen LogP contribution in [-0.2, 0) is 4.79 Å². The Balaban J connectivity index is 2.65. The number of rotatable bonds is 3. The molecule has 0 saturated heterocycles. The predicted molar refractivity (Wildman–Crippen MR) is 63.2 cm³/mol. The maximum Gasteiger partial charge on any atom is 0.305 e. The summed E-state index contributed by atoms with van der Waals surface area (Å²) in [4.78, 5) is 10.3. The van der Waals surface area contributed by atoms with Crippen molar-refractivity contribution >= 4 is 5.97 Å². The van der Waals surface area contributed by atoms with E-state index in [1.807, 2.05) is 19.1 Å². The molecule has 0 aliphatic heterocycles. The zero-order chi connectivity index (χ0) is 12.8.